The summed E-state index contributed by atoms with van der Waals surface area (Å²) in [5, 5.41) is 13.2. The van der Waals surface area contributed by atoms with Crippen LogP contribution < -0.4 is 5.32 Å². The number of amides is 3. The van der Waals surface area contributed by atoms with Gasteiger partial charge in [-0.05, 0) is 58.6 Å². The molecule has 0 atom stereocenters. The SMILES string of the molecule is COC(=O)/C=C/C(=O)N(O)CCCCN(CCCCCC(=O)Nc1ccccc1)C(=O)OC(C)(C)C. The van der Waals surface area contributed by atoms with Gasteiger partial charge in [-0.3, -0.25) is 14.8 Å². The lowest BCUT2D eigenvalue weighted by Gasteiger charge is -2.27. The second kappa shape index (κ2) is 16.3. The molecule has 2 N–H and O–H groups in total. The average molecular weight is 506 g/mol. The van der Waals surface area contributed by atoms with Crippen LogP contribution in [0.4, 0.5) is 10.5 Å². The molecule has 0 aliphatic carbocycles. The Kier molecular flexibility index (Phi) is 13.9. The maximum absolute atomic E-state index is 12.6. The summed E-state index contributed by atoms with van der Waals surface area (Å²) in [6.45, 7) is 6.30. The van der Waals surface area contributed by atoms with Crippen molar-refractivity contribution in [1.82, 2.24) is 9.96 Å². The van der Waals surface area contributed by atoms with E-state index in [1.807, 2.05) is 30.3 Å². The Hall–Kier alpha value is -3.40. The van der Waals surface area contributed by atoms with Gasteiger partial charge in [0.25, 0.3) is 5.91 Å². The van der Waals surface area contributed by atoms with Crippen LogP contribution in [0.15, 0.2) is 42.5 Å². The van der Waals surface area contributed by atoms with Crippen LogP contribution in [-0.2, 0) is 23.9 Å². The van der Waals surface area contributed by atoms with E-state index in [1.54, 1.807) is 25.7 Å². The normalized spacial score (nSPS) is 11.1. The summed E-state index contributed by atoms with van der Waals surface area (Å²) in [5.41, 5.74) is 0.131. The minimum absolute atomic E-state index is 0.0447. The lowest BCUT2D eigenvalue weighted by molar-refractivity contribution is -0.159. The average Bonchev–Trinajstić information content (AvgIpc) is 2.82. The Labute approximate surface area is 213 Å². The van der Waals surface area contributed by atoms with E-state index in [0.717, 1.165) is 24.3 Å². The molecule has 0 aromatic heterocycles. The molecule has 0 radical (unpaired) electrons. The first-order valence-corrected chi connectivity index (χ1v) is 12.1. The molecule has 1 aromatic rings. The Balaban J connectivity index is 2.43. The number of ether oxygens (including phenoxy) is 2. The molecule has 0 heterocycles. The topological polar surface area (TPSA) is 125 Å². The van der Waals surface area contributed by atoms with Crippen molar-refractivity contribution in [2.24, 2.45) is 0 Å². The molecule has 1 rings (SSSR count). The van der Waals surface area contributed by atoms with Crippen LogP contribution in [0.2, 0.25) is 0 Å². The lowest BCUT2D eigenvalue weighted by atomic mass is 10.1. The first-order valence-electron chi connectivity index (χ1n) is 12.1. The van der Waals surface area contributed by atoms with Crippen molar-refractivity contribution in [2.75, 3.05) is 32.1 Å². The summed E-state index contributed by atoms with van der Waals surface area (Å²) in [6, 6.07) is 9.28. The molecule has 1 aromatic carbocycles. The second-order valence-corrected chi connectivity index (χ2v) is 9.22. The van der Waals surface area contributed by atoms with Gasteiger partial charge in [-0.2, -0.15) is 0 Å². The van der Waals surface area contributed by atoms with E-state index in [4.69, 9.17) is 4.74 Å². The highest BCUT2D eigenvalue weighted by Gasteiger charge is 2.21. The van der Waals surface area contributed by atoms with Gasteiger partial charge in [-0.15, -0.1) is 0 Å². The summed E-state index contributed by atoms with van der Waals surface area (Å²) in [4.78, 5) is 49.1. The van der Waals surface area contributed by atoms with Crippen molar-refractivity contribution >= 4 is 29.6 Å². The molecule has 0 aliphatic rings. The van der Waals surface area contributed by atoms with Gasteiger partial charge in [-0.25, -0.2) is 14.7 Å². The second-order valence-electron chi connectivity index (χ2n) is 9.22. The lowest BCUT2D eigenvalue weighted by Crippen LogP contribution is -2.38. The minimum atomic E-state index is -0.735. The zero-order valence-corrected chi connectivity index (χ0v) is 21.7. The highest BCUT2D eigenvalue weighted by atomic mass is 16.6. The van der Waals surface area contributed by atoms with Crippen LogP contribution in [0.25, 0.3) is 0 Å². The van der Waals surface area contributed by atoms with Crippen molar-refractivity contribution < 1.29 is 33.9 Å². The number of anilines is 1. The molecule has 200 valence electrons. The standard InChI is InChI=1S/C26H39N3O7/c1-26(2,3)36-25(33)28(19-11-12-20-29(34)23(31)16-17-24(32)35-4)18-10-6-9-15-22(30)27-21-13-7-5-8-14-21/h5,7-8,13-14,16-17,34H,6,9-12,15,18-20H2,1-4H3,(H,27,30)/b17-16+. The molecule has 0 fully saturated rings. The molecular weight excluding hydrogens is 466 g/mol. The fourth-order valence-corrected chi connectivity index (χ4v) is 3.10. The van der Waals surface area contributed by atoms with Crippen molar-refractivity contribution in [3.05, 3.63) is 42.5 Å². The van der Waals surface area contributed by atoms with Gasteiger partial charge >= 0.3 is 12.1 Å². The number of unbranched alkanes of at least 4 members (excludes halogenated alkanes) is 3. The third-order valence-electron chi connectivity index (χ3n) is 4.91. The molecule has 3 amide bonds. The van der Waals surface area contributed by atoms with Gasteiger partial charge in [0.2, 0.25) is 5.91 Å². The molecule has 0 spiro atoms. The van der Waals surface area contributed by atoms with Crippen LogP contribution in [0.5, 0.6) is 0 Å². The van der Waals surface area contributed by atoms with Crippen molar-refractivity contribution in [3.8, 4) is 0 Å². The summed E-state index contributed by atoms with van der Waals surface area (Å²) >= 11 is 0. The maximum Gasteiger partial charge on any atom is 0.410 e. The number of rotatable bonds is 14. The van der Waals surface area contributed by atoms with Gasteiger partial charge in [-0.1, -0.05) is 24.6 Å². The number of hydrogen-bond acceptors (Lipinski definition) is 7. The maximum atomic E-state index is 12.6. The first kappa shape index (κ1) is 30.6. The molecule has 10 heteroatoms. The Morgan fingerprint density at radius 1 is 0.917 bits per heavy atom. The number of hydrogen-bond donors (Lipinski definition) is 2. The molecule has 0 aliphatic heterocycles. The van der Waals surface area contributed by atoms with Crippen LogP contribution in [-0.4, -0.2) is 71.4 Å². The van der Waals surface area contributed by atoms with Crippen LogP contribution in [0.1, 0.15) is 59.3 Å². The largest absolute Gasteiger partial charge is 0.466 e. The van der Waals surface area contributed by atoms with E-state index in [9.17, 15) is 24.4 Å². The number of carbonyl (C=O) groups is 4. The van der Waals surface area contributed by atoms with E-state index in [1.165, 1.54) is 7.11 Å². The first-order chi connectivity index (χ1) is 17.0. The van der Waals surface area contributed by atoms with Crippen LogP contribution >= 0.6 is 0 Å². The summed E-state index contributed by atoms with van der Waals surface area (Å²) in [6.07, 6.45) is 4.97. The van der Waals surface area contributed by atoms with Crippen molar-refractivity contribution in [1.29, 1.82) is 0 Å². The summed E-state index contributed by atoms with van der Waals surface area (Å²) < 4.78 is 9.90. The minimum Gasteiger partial charge on any atom is -0.466 e. The molecule has 10 nitrogen and oxygen atoms in total. The van der Waals surface area contributed by atoms with E-state index in [2.05, 4.69) is 10.1 Å². The van der Waals surface area contributed by atoms with Crippen molar-refractivity contribution in [3.63, 3.8) is 0 Å². The molecule has 0 saturated heterocycles. The van der Waals surface area contributed by atoms with Gasteiger partial charge in [0, 0.05) is 43.9 Å². The van der Waals surface area contributed by atoms with Crippen LogP contribution in [0, 0.1) is 0 Å². The highest BCUT2D eigenvalue weighted by molar-refractivity contribution is 5.94. The van der Waals surface area contributed by atoms with E-state index >= 15 is 0 Å². The van der Waals surface area contributed by atoms with Gasteiger partial charge in [0.15, 0.2) is 0 Å². The quantitative estimate of drug-likeness (QED) is 0.128. The van der Waals surface area contributed by atoms with Gasteiger partial charge in [0.05, 0.1) is 7.11 Å². The number of benzene rings is 1. The zero-order valence-electron chi connectivity index (χ0n) is 21.7. The molecule has 36 heavy (non-hydrogen) atoms. The predicted octanol–water partition coefficient (Wildman–Crippen LogP) is 4.15. The van der Waals surface area contributed by atoms with E-state index < -0.39 is 23.6 Å². The third-order valence-corrected chi connectivity index (χ3v) is 4.91. The zero-order chi connectivity index (χ0) is 27.0. The Morgan fingerprint density at radius 3 is 2.14 bits per heavy atom. The fourth-order valence-electron chi connectivity index (χ4n) is 3.10. The van der Waals surface area contributed by atoms with Crippen LogP contribution in [0.3, 0.4) is 0 Å². The number of nitrogens with zero attached hydrogens (tertiary/aromatic N) is 2. The Morgan fingerprint density at radius 2 is 1.53 bits per heavy atom. The molecule has 0 unspecified atom stereocenters. The third kappa shape index (κ3) is 14.1. The number of esters is 1. The summed E-state index contributed by atoms with van der Waals surface area (Å²) in [7, 11) is 1.19. The monoisotopic (exact) mass is 505 g/mol. The molecule has 0 bridgehead atoms. The number of para-hydroxylation sites is 1. The number of hydroxylamine groups is 2. The smallest absolute Gasteiger partial charge is 0.410 e. The number of nitrogens with one attached hydrogen (secondary N) is 1. The number of carbonyl (C=O) groups excluding carboxylic acids is 4. The summed E-state index contributed by atoms with van der Waals surface area (Å²) in [5.74, 6) is -1.47. The van der Waals surface area contributed by atoms with Crippen molar-refractivity contribution in [2.45, 2.75) is 64.9 Å². The molecular formula is C26H39N3O7. The van der Waals surface area contributed by atoms with Gasteiger partial charge < -0.3 is 19.7 Å². The fraction of sp³-hybridized carbons (Fsp3) is 0.538. The van der Waals surface area contributed by atoms with E-state index in [0.29, 0.717) is 50.3 Å². The molecule has 0 saturated carbocycles. The number of methoxy groups -OCH3 is 1. The predicted molar refractivity (Wildman–Crippen MR) is 135 cm³/mol. The Bertz CT molecular complexity index is 866. The van der Waals surface area contributed by atoms with Gasteiger partial charge in [0.1, 0.15) is 5.60 Å². The van der Waals surface area contributed by atoms with E-state index in [-0.39, 0.29) is 12.5 Å². The highest BCUT2D eigenvalue weighted by Crippen LogP contribution is 2.13.